The summed E-state index contributed by atoms with van der Waals surface area (Å²) in [5, 5.41) is 0. The molecule has 2 rings (SSSR count). The number of para-hydroxylation sites is 2. The van der Waals surface area contributed by atoms with Gasteiger partial charge in [0.1, 0.15) is 10.6 Å². The van der Waals surface area contributed by atoms with E-state index < -0.39 is 16.0 Å². The fourth-order valence-electron chi connectivity index (χ4n) is 1.93. The molecule has 2 aromatic rings. The van der Waals surface area contributed by atoms with E-state index in [2.05, 4.69) is 25.4 Å². The molecule has 0 radical (unpaired) electrons. The highest BCUT2D eigenvalue weighted by Gasteiger charge is 2.24. The van der Waals surface area contributed by atoms with Gasteiger partial charge in [-0.1, -0.05) is 28.1 Å². The second kappa shape index (κ2) is 7.01. The number of ether oxygens (including phenoxy) is 2. The van der Waals surface area contributed by atoms with Crippen LogP contribution in [0.4, 0.5) is 5.69 Å². The first-order valence-electron chi connectivity index (χ1n) is 6.42. The van der Waals surface area contributed by atoms with E-state index in [1.807, 2.05) is 0 Å². The topological polar surface area (TPSA) is 81.7 Å². The standard InChI is InChI=1S/C15H14BrNO5S/c1-21-13-6-4-3-5-12(13)17-23(19,20)14-8-7-10(16)9-11(14)15(18)22-2/h3-9,17H,1-2H3. The van der Waals surface area contributed by atoms with Gasteiger partial charge in [0.15, 0.2) is 0 Å². The fraction of sp³-hybridized carbons (Fsp3) is 0.133. The van der Waals surface area contributed by atoms with E-state index in [-0.39, 0.29) is 16.1 Å². The van der Waals surface area contributed by atoms with Gasteiger partial charge < -0.3 is 9.47 Å². The Kier molecular flexibility index (Phi) is 5.27. The SMILES string of the molecule is COC(=O)c1cc(Br)ccc1S(=O)(=O)Nc1ccccc1OC. The number of carbonyl (C=O) groups is 1. The molecule has 0 aliphatic carbocycles. The van der Waals surface area contributed by atoms with Gasteiger partial charge in [0.05, 0.1) is 25.5 Å². The molecule has 0 atom stereocenters. The first-order chi connectivity index (χ1) is 10.9. The molecule has 0 aliphatic rings. The van der Waals surface area contributed by atoms with Gasteiger partial charge in [-0.05, 0) is 30.3 Å². The average molecular weight is 400 g/mol. The minimum Gasteiger partial charge on any atom is -0.495 e. The van der Waals surface area contributed by atoms with Crippen LogP contribution >= 0.6 is 15.9 Å². The third kappa shape index (κ3) is 3.83. The summed E-state index contributed by atoms with van der Waals surface area (Å²) < 4.78 is 38.0. The summed E-state index contributed by atoms with van der Waals surface area (Å²) in [7, 11) is -1.38. The first kappa shape index (κ1) is 17.3. The molecule has 0 saturated heterocycles. The number of carbonyl (C=O) groups excluding carboxylic acids is 1. The van der Waals surface area contributed by atoms with Crippen LogP contribution in [0.15, 0.2) is 51.8 Å². The van der Waals surface area contributed by atoms with Crippen molar-refractivity contribution in [2.45, 2.75) is 4.90 Å². The zero-order chi connectivity index (χ0) is 17.0. The Morgan fingerprint density at radius 2 is 1.83 bits per heavy atom. The summed E-state index contributed by atoms with van der Waals surface area (Å²) in [6, 6.07) is 10.8. The van der Waals surface area contributed by atoms with Crippen LogP contribution in [0, 0.1) is 0 Å². The molecular formula is C15H14BrNO5S. The number of nitrogens with one attached hydrogen (secondary N) is 1. The number of esters is 1. The largest absolute Gasteiger partial charge is 0.495 e. The second-order valence-electron chi connectivity index (χ2n) is 4.44. The van der Waals surface area contributed by atoms with Crippen molar-refractivity contribution in [2.75, 3.05) is 18.9 Å². The number of hydrogen-bond donors (Lipinski definition) is 1. The molecule has 23 heavy (non-hydrogen) atoms. The lowest BCUT2D eigenvalue weighted by Gasteiger charge is -2.13. The number of sulfonamides is 1. The molecule has 6 nitrogen and oxygen atoms in total. The van der Waals surface area contributed by atoms with Crippen LogP contribution in [-0.2, 0) is 14.8 Å². The van der Waals surface area contributed by atoms with Crippen molar-refractivity contribution in [3.63, 3.8) is 0 Å². The van der Waals surface area contributed by atoms with E-state index >= 15 is 0 Å². The van der Waals surface area contributed by atoms with Gasteiger partial charge in [0, 0.05) is 4.47 Å². The van der Waals surface area contributed by atoms with Gasteiger partial charge in [0.25, 0.3) is 10.0 Å². The predicted octanol–water partition coefficient (Wildman–Crippen LogP) is 3.05. The van der Waals surface area contributed by atoms with E-state index in [0.717, 1.165) is 0 Å². The Hall–Kier alpha value is -2.06. The van der Waals surface area contributed by atoms with Crippen molar-refractivity contribution in [2.24, 2.45) is 0 Å². The Morgan fingerprint density at radius 1 is 1.13 bits per heavy atom. The minimum atomic E-state index is -4.00. The van der Waals surface area contributed by atoms with Crippen LogP contribution in [0.3, 0.4) is 0 Å². The maximum atomic E-state index is 12.6. The van der Waals surface area contributed by atoms with Crippen molar-refractivity contribution in [1.29, 1.82) is 0 Å². The van der Waals surface area contributed by atoms with Crippen LogP contribution in [0.2, 0.25) is 0 Å². The third-order valence-electron chi connectivity index (χ3n) is 2.99. The molecule has 122 valence electrons. The molecule has 0 unspecified atom stereocenters. The molecule has 0 saturated carbocycles. The highest BCUT2D eigenvalue weighted by molar-refractivity contribution is 9.10. The normalized spacial score (nSPS) is 10.9. The first-order valence-corrected chi connectivity index (χ1v) is 8.70. The smallest absolute Gasteiger partial charge is 0.339 e. The van der Waals surface area contributed by atoms with E-state index in [9.17, 15) is 13.2 Å². The monoisotopic (exact) mass is 399 g/mol. The molecular weight excluding hydrogens is 386 g/mol. The number of hydrogen-bond acceptors (Lipinski definition) is 5. The quantitative estimate of drug-likeness (QED) is 0.781. The lowest BCUT2D eigenvalue weighted by molar-refractivity contribution is 0.0596. The van der Waals surface area contributed by atoms with Crippen LogP contribution in [0.5, 0.6) is 5.75 Å². The number of benzene rings is 2. The summed E-state index contributed by atoms with van der Waals surface area (Å²) in [5.74, 6) is -0.375. The lowest BCUT2D eigenvalue weighted by Crippen LogP contribution is -2.18. The Balaban J connectivity index is 2.50. The summed E-state index contributed by atoms with van der Waals surface area (Å²) in [5.41, 5.74) is 0.206. The summed E-state index contributed by atoms with van der Waals surface area (Å²) in [4.78, 5) is 11.7. The van der Waals surface area contributed by atoms with E-state index in [1.165, 1.54) is 32.4 Å². The van der Waals surface area contributed by atoms with Crippen LogP contribution < -0.4 is 9.46 Å². The van der Waals surface area contributed by atoms with Crippen LogP contribution in [0.25, 0.3) is 0 Å². The van der Waals surface area contributed by atoms with Crippen LogP contribution in [0.1, 0.15) is 10.4 Å². The van der Waals surface area contributed by atoms with Crippen molar-refractivity contribution >= 4 is 37.6 Å². The number of methoxy groups -OCH3 is 2. The summed E-state index contributed by atoms with van der Waals surface area (Å²) >= 11 is 3.21. The fourth-order valence-corrected chi connectivity index (χ4v) is 3.54. The molecule has 0 fully saturated rings. The third-order valence-corrected chi connectivity index (χ3v) is 4.90. The van der Waals surface area contributed by atoms with Gasteiger partial charge in [-0.3, -0.25) is 4.72 Å². The number of halogens is 1. The van der Waals surface area contributed by atoms with E-state index in [1.54, 1.807) is 24.3 Å². The van der Waals surface area contributed by atoms with Gasteiger partial charge in [-0.2, -0.15) is 0 Å². The van der Waals surface area contributed by atoms with Crippen molar-refractivity contribution in [3.05, 3.63) is 52.5 Å². The average Bonchev–Trinajstić information content (AvgIpc) is 2.53. The van der Waals surface area contributed by atoms with Crippen molar-refractivity contribution in [3.8, 4) is 5.75 Å². The zero-order valence-electron chi connectivity index (χ0n) is 12.4. The van der Waals surface area contributed by atoms with E-state index in [4.69, 9.17) is 4.74 Å². The molecule has 0 aliphatic heterocycles. The maximum Gasteiger partial charge on any atom is 0.339 e. The molecule has 0 aromatic heterocycles. The minimum absolute atomic E-state index is 0.0655. The van der Waals surface area contributed by atoms with Crippen molar-refractivity contribution < 1.29 is 22.7 Å². The second-order valence-corrected chi connectivity index (χ2v) is 7.00. The summed E-state index contributed by atoms with van der Waals surface area (Å²) in [6.07, 6.45) is 0. The molecule has 0 heterocycles. The lowest BCUT2D eigenvalue weighted by atomic mass is 10.2. The Labute approximate surface area is 142 Å². The number of anilines is 1. The molecule has 0 bridgehead atoms. The van der Waals surface area contributed by atoms with Gasteiger partial charge >= 0.3 is 5.97 Å². The Bertz CT molecular complexity index is 836. The summed E-state index contributed by atoms with van der Waals surface area (Å²) in [6.45, 7) is 0. The van der Waals surface area contributed by atoms with Crippen LogP contribution in [-0.4, -0.2) is 28.6 Å². The highest BCUT2D eigenvalue weighted by Crippen LogP contribution is 2.28. The predicted molar refractivity (Wildman–Crippen MR) is 89.3 cm³/mol. The number of rotatable bonds is 5. The maximum absolute atomic E-state index is 12.6. The highest BCUT2D eigenvalue weighted by atomic mass is 79.9. The van der Waals surface area contributed by atoms with Gasteiger partial charge in [0.2, 0.25) is 0 Å². The molecule has 2 aromatic carbocycles. The molecule has 0 spiro atoms. The molecule has 1 N–H and O–H groups in total. The molecule has 0 amide bonds. The molecule has 8 heteroatoms. The van der Waals surface area contributed by atoms with Crippen molar-refractivity contribution in [1.82, 2.24) is 0 Å². The zero-order valence-corrected chi connectivity index (χ0v) is 14.8. The van der Waals surface area contributed by atoms with Gasteiger partial charge in [-0.15, -0.1) is 0 Å². The van der Waals surface area contributed by atoms with Gasteiger partial charge in [-0.25, -0.2) is 13.2 Å². The Morgan fingerprint density at radius 3 is 2.48 bits per heavy atom. The van der Waals surface area contributed by atoms with E-state index in [0.29, 0.717) is 10.2 Å².